The van der Waals surface area contributed by atoms with Crippen LogP contribution < -0.4 is 14.8 Å². The maximum Gasteiger partial charge on any atom is 0.336 e. The van der Waals surface area contributed by atoms with Crippen LogP contribution in [0.1, 0.15) is 30.4 Å². The van der Waals surface area contributed by atoms with E-state index in [1.165, 1.54) is 0 Å². The minimum Gasteiger partial charge on any atom is -0.457 e. The summed E-state index contributed by atoms with van der Waals surface area (Å²) < 4.78 is 16.3. The number of allylic oxidation sites excluding steroid dienone is 1. The van der Waals surface area contributed by atoms with Gasteiger partial charge < -0.3 is 19.5 Å². The molecule has 0 aliphatic carbocycles. The molecule has 1 amide bonds. The number of hydrogen-bond donors (Lipinski definition) is 1. The van der Waals surface area contributed by atoms with Crippen molar-refractivity contribution in [3.8, 4) is 11.5 Å². The molecule has 1 atom stereocenters. The normalized spacial score (nSPS) is 18.1. The molecule has 0 fully saturated rings. The molecule has 2 heterocycles. The van der Waals surface area contributed by atoms with Crippen molar-refractivity contribution in [1.82, 2.24) is 5.32 Å². The number of nitrogens with one attached hydrogen (secondary N) is 1. The Labute approximate surface area is 167 Å². The minimum atomic E-state index is -0.529. The first-order chi connectivity index (χ1) is 13.5. The number of hydrogen-bond acceptors (Lipinski definition) is 5. The lowest BCUT2D eigenvalue weighted by Gasteiger charge is -2.27. The predicted octanol–water partition coefficient (Wildman–Crippen LogP) is 3.69. The second kappa shape index (κ2) is 7.56. The minimum absolute atomic E-state index is 0.0898. The van der Waals surface area contributed by atoms with E-state index in [0.29, 0.717) is 33.4 Å². The van der Waals surface area contributed by atoms with Crippen molar-refractivity contribution in [2.24, 2.45) is 0 Å². The van der Waals surface area contributed by atoms with E-state index in [0.717, 1.165) is 5.56 Å². The van der Waals surface area contributed by atoms with Crippen molar-refractivity contribution >= 4 is 23.5 Å². The third-order valence-electron chi connectivity index (χ3n) is 4.77. The number of benzene rings is 2. The van der Waals surface area contributed by atoms with Gasteiger partial charge in [0.05, 0.1) is 5.57 Å². The van der Waals surface area contributed by atoms with Gasteiger partial charge in [0.2, 0.25) is 12.7 Å². The average Bonchev–Trinajstić information content (AvgIpc) is 3.13. The summed E-state index contributed by atoms with van der Waals surface area (Å²) in [5.41, 5.74) is 2.36. The summed E-state index contributed by atoms with van der Waals surface area (Å²) >= 11 is 6.44. The Kier molecular flexibility index (Phi) is 4.96. The van der Waals surface area contributed by atoms with Crippen molar-refractivity contribution in [3.63, 3.8) is 0 Å². The van der Waals surface area contributed by atoms with Crippen LogP contribution in [0.3, 0.4) is 0 Å². The quantitative estimate of drug-likeness (QED) is 0.794. The first kappa shape index (κ1) is 18.4. The topological polar surface area (TPSA) is 73.9 Å². The zero-order chi connectivity index (χ0) is 19.7. The zero-order valence-corrected chi connectivity index (χ0v) is 15.9. The molecule has 0 saturated heterocycles. The summed E-state index contributed by atoms with van der Waals surface area (Å²) in [4.78, 5) is 25.0. The van der Waals surface area contributed by atoms with E-state index in [4.69, 9.17) is 25.8 Å². The molecule has 0 bridgehead atoms. The standard InChI is InChI=1S/C21H18ClNO5/c1-12-20(21(25)26-10-13-5-3-2-4-6-13)15(8-19(24)23-12)14-7-17-18(9-16(14)22)28-11-27-17/h2-7,9,15H,8,10-11H2,1H3,(H,23,24)/t15-/m0/s1. The number of ether oxygens (including phenoxy) is 3. The largest absolute Gasteiger partial charge is 0.457 e. The van der Waals surface area contributed by atoms with Gasteiger partial charge in [-0.15, -0.1) is 0 Å². The number of carbonyl (C=O) groups excluding carboxylic acids is 2. The van der Waals surface area contributed by atoms with Crippen LogP contribution in [-0.2, 0) is 20.9 Å². The molecule has 2 aliphatic heterocycles. The lowest BCUT2D eigenvalue weighted by Crippen LogP contribution is -2.34. The van der Waals surface area contributed by atoms with E-state index in [-0.39, 0.29) is 25.7 Å². The van der Waals surface area contributed by atoms with Gasteiger partial charge in [-0.1, -0.05) is 41.9 Å². The molecule has 0 spiro atoms. The number of carbonyl (C=O) groups is 2. The van der Waals surface area contributed by atoms with Crippen molar-refractivity contribution in [3.05, 3.63) is 69.9 Å². The Hall–Kier alpha value is -2.99. The third-order valence-corrected chi connectivity index (χ3v) is 5.10. The van der Waals surface area contributed by atoms with Gasteiger partial charge in [0.15, 0.2) is 11.5 Å². The van der Waals surface area contributed by atoms with Crippen molar-refractivity contribution in [2.75, 3.05) is 6.79 Å². The second-order valence-corrected chi connectivity index (χ2v) is 7.04. The van der Waals surface area contributed by atoms with E-state index in [1.54, 1.807) is 19.1 Å². The Balaban J connectivity index is 1.64. The highest BCUT2D eigenvalue weighted by atomic mass is 35.5. The zero-order valence-electron chi connectivity index (χ0n) is 15.2. The maximum atomic E-state index is 12.9. The predicted molar refractivity (Wildman–Crippen MR) is 102 cm³/mol. The van der Waals surface area contributed by atoms with Gasteiger partial charge in [0, 0.05) is 29.1 Å². The molecular formula is C21H18ClNO5. The highest BCUT2D eigenvalue weighted by molar-refractivity contribution is 6.31. The van der Waals surface area contributed by atoms with Gasteiger partial charge >= 0.3 is 5.97 Å². The van der Waals surface area contributed by atoms with E-state index in [9.17, 15) is 9.59 Å². The van der Waals surface area contributed by atoms with Crippen LogP contribution in [-0.4, -0.2) is 18.7 Å². The summed E-state index contributed by atoms with van der Waals surface area (Å²) in [5, 5.41) is 3.13. The molecule has 0 saturated carbocycles. The molecule has 0 radical (unpaired) electrons. The van der Waals surface area contributed by atoms with Gasteiger partial charge in [0.1, 0.15) is 6.61 Å². The molecule has 7 heteroatoms. The van der Waals surface area contributed by atoms with E-state index >= 15 is 0 Å². The van der Waals surface area contributed by atoms with E-state index in [1.807, 2.05) is 30.3 Å². The fourth-order valence-corrected chi connectivity index (χ4v) is 3.72. The lowest BCUT2D eigenvalue weighted by molar-refractivity contribution is -0.141. The molecule has 1 N–H and O–H groups in total. The third kappa shape index (κ3) is 3.55. The Morgan fingerprint density at radius 1 is 1.21 bits per heavy atom. The smallest absolute Gasteiger partial charge is 0.336 e. The average molecular weight is 400 g/mol. The SMILES string of the molecule is CC1=C(C(=O)OCc2ccccc2)[C@H](c2cc3c(cc2Cl)OCO3)CC(=O)N1. The molecular weight excluding hydrogens is 382 g/mol. The number of halogens is 1. The molecule has 144 valence electrons. The van der Waals surface area contributed by atoms with Crippen LogP contribution in [0.15, 0.2) is 53.7 Å². The Morgan fingerprint density at radius 3 is 2.68 bits per heavy atom. The van der Waals surface area contributed by atoms with Crippen LogP contribution in [0, 0.1) is 0 Å². The molecule has 2 aromatic carbocycles. The van der Waals surface area contributed by atoms with Crippen LogP contribution in [0.4, 0.5) is 0 Å². The number of rotatable bonds is 4. The van der Waals surface area contributed by atoms with Crippen molar-refractivity contribution in [2.45, 2.75) is 25.9 Å². The van der Waals surface area contributed by atoms with Gasteiger partial charge in [-0.25, -0.2) is 4.79 Å². The van der Waals surface area contributed by atoms with Gasteiger partial charge in [0.25, 0.3) is 0 Å². The number of amides is 1. The summed E-state index contributed by atoms with van der Waals surface area (Å²) in [6.45, 7) is 1.94. The molecule has 0 unspecified atom stereocenters. The fourth-order valence-electron chi connectivity index (χ4n) is 3.44. The molecule has 0 aromatic heterocycles. The van der Waals surface area contributed by atoms with Crippen molar-refractivity contribution in [1.29, 1.82) is 0 Å². The van der Waals surface area contributed by atoms with Gasteiger partial charge in [-0.3, -0.25) is 4.79 Å². The molecule has 2 aromatic rings. The summed E-state index contributed by atoms with van der Waals surface area (Å²) in [5.74, 6) is -0.113. The van der Waals surface area contributed by atoms with E-state index < -0.39 is 11.9 Å². The molecule has 4 rings (SSSR count). The van der Waals surface area contributed by atoms with Crippen molar-refractivity contribution < 1.29 is 23.8 Å². The highest BCUT2D eigenvalue weighted by Gasteiger charge is 2.35. The highest BCUT2D eigenvalue weighted by Crippen LogP contribution is 2.43. The number of esters is 1. The lowest BCUT2D eigenvalue weighted by atomic mass is 9.84. The van der Waals surface area contributed by atoms with E-state index in [2.05, 4.69) is 5.32 Å². The monoisotopic (exact) mass is 399 g/mol. The van der Waals surface area contributed by atoms with Crippen LogP contribution in [0.5, 0.6) is 11.5 Å². The van der Waals surface area contributed by atoms with Gasteiger partial charge in [-0.2, -0.15) is 0 Å². The first-order valence-electron chi connectivity index (χ1n) is 8.83. The van der Waals surface area contributed by atoms with Gasteiger partial charge in [-0.05, 0) is 24.1 Å². The van der Waals surface area contributed by atoms with Crippen LogP contribution >= 0.6 is 11.6 Å². The van der Waals surface area contributed by atoms with Crippen LogP contribution in [0.25, 0.3) is 0 Å². The Bertz CT molecular complexity index is 970. The summed E-state index contributed by atoms with van der Waals surface area (Å²) in [6, 6.07) is 12.8. The van der Waals surface area contributed by atoms with Crippen LogP contribution in [0.2, 0.25) is 5.02 Å². The second-order valence-electron chi connectivity index (χ2n) is 6.63. The summed E-state index contributed by atoms with van der Waals surface area (Å²) in [7, 11) is 0. The Morgan fingerprint density at radius 2 is 1.93 bits per heavy atom. The maximum absolute atomic E-state index is 12.9. The molecule has 28 heavy (non-hydrogen) atoms. The summed E-state index contributed by atoms with van der Waals surface area (Å²) in [6.07, 6.45) is 0.0898. The fraction of sp³-hybridized carbons (Fsp3) is 0.238. The molecule has 6 nitrogen and oxygen atoms in total. The first-order valence-corrected chi connectivity index (χ1v) is 9.21. The molecule has 2 aliphatic rings. The number of fused-ring (bicyclic) bond motifs is 1.